The van der Waals surface area contributed by atoms with E-state index in [0.29, 0.717) is 0 Å². The molecule has 0 aliphatic carbocycles. The van der Waals surface area contributed by atoms with Gasteiger partial charge in [0.2, 0.25) is 0 Å². The Bertz CT molecular complexity index is 164. The number of piperidine rings is 1. The summed E-state index contributed by atoms with van der Waals surface area (Å²) in [7, 11) is 0. The lowest BCUT2D eigenvalue weighted by Gasteiger charge is -2.32. The first-order valence-corrected chi connectivity index (χ1v) is 6.48. The van der Waals surface area contributed by atoms with E-state index in [9.17, 15) is 0 Å². The van der Waals surface area contributed by atoms with Gasteiger partial charge in [0, 0.05) is 18.6 Å². The summed E-state index contributed by atoms with van der Waals surface area (Å²) in [6.45, 7) is 14.0. The fraction of sp³-hybridized carbons (Fsp3) is 1.00. The Labute approximate surface area is 95.4 Å². The normalized spacial score (nSPS) is 20.8. The van der Waals surface area contributed by atoms with Gasteiger partial charge in [-0.1, -0.05) is 13.3 Å². The molecule has 0 atom stereocenters. The summed E-state index contributed by atoms with van der Waals surface area (Å²) in [6, 6.07) is 0. The van der Waals surface area contributed by atoms with Crippen molar-refractivity contribution in [3.05, 3.63) is 0 Å². The van der Waals surface area contributed by atoms with Crippen molar-refractivity contribution in [3.63, 3.8) is 0 Å². The fourth-order valence-corrected chi connectivity index (χ4v) is 2.21. The second-order valence-corrected chi connectivity index (χ2v) is 5.87. The first kappa shape index (κ1) is 13.0. The second kappa shape index (κ2) is 5.86. The van der Waals surface area contributed by atoms with Crippen molar-refractivity contribution in [2.45, 2.75) is 52.5 Å². The van der Waals surface area contributed by atoms with Crippen molar-refractivity contribution >= 4 is 0 Å². The number of hydrogen-bond acceptors (Lipinski definition) is 2. The van der Waals surface area contributed by atoms with Crippen LogP contribution in [-0.4, -0.2) is 36.6 Å². The molecule has 1 fully saturated rings. The molecule has 0 radical (unpaired) electrons. The Morgan fingerprint density at radius 3 is 2.27 bits per heavy atom. The van der Waals surface area contributed by atoms with Gasteiger partial charge in [-0.15, -0.1) is 0 Å². The van der Waals surface area contributed by atoms with Crippen LogP contribution >= 0.6 is 0 Å². The zero-order chi connectivity index (χ0) is 11.3. The summed E-state index contributed by atoms with van der Waals surface area (Å²) in [6.07, 6.45) is 4.19. The van der Waals surface area contributed by atoms with Crippen LogP contribution in [0.4, 0.5) is 0 Å². The van der Waals surface area contributed by atoms with Crippen molar-refractivity contribution in [1.29, 1.82) is 0 Å². The third-order valence-electron chi connectivity index (χ3n) is 3.37. The van der Waals surface area contributed by atoms with Crippen LogP contribution in [0.3, 0.4) is 0 Å². The molecule has 0 aromatic carbocycles. The van der Waals surface area contributed by atoms with Gasteiger partial charge in [-0.3, -0.25) is 0 Å². The smallest absolute Gasteiger partial charge is 0.0107 e. The van der Waals surface area contributed by atoms with Crippen molar-refractivity contribution in [2.75, 3.05) is 26.2 Å². The van der Waals surface area contributed by atoms with Gasteiger partial charge in [0.1, 0.15) is 0 Å². The SMILES string of the molecule is CCC1CCN(CCNC(C)(C)C)CC1. The number of nitrogens with zero attached hydrogens (tertiary/aromatic N) is 1. The predicted octanol–water partition coefficient (Wildman–Crippen LogP) is 2.50. The van der Waals surface area contributed by atoms with Gasteiger partial charge >= 0.3 is 0 Å². The molecule has 1 aliphatic heterocycles. The minimum atomic E-state index is 0.266. The molecule has 15 heavy (non-hydrogen) atoms. The van der Waals surface area contributed by atoms with Crippen LogP contribution in [0.2, 0.25) is 0 Å². The molecule has 1 saturated heterocycles. The van der Waals surface area contributed by atoms with Crippen molar-refractivity contribution < 1.29 is 0 Å². The molecule has 1 N–H and O–H groups in total. The molecule has 0 aromatic heterocycles. The van der Waals surface area contributed by atoms with Gasteiger partial charge in [-0.05, 0) is 52.6 Å². The maximum atomic E-state index is 3.55. The third-order valence-corrected chi connectivity index (χ3v) is 3.37. The number of nitrogens with one attached hydrogen (secondary N) is 1. The van der Waals surface area contributed by atoms with Crippen molar-refractivity contribution in [1.82, 2.24) is 10.2 Å². The summed E-state index contributed by atoms with van der Waals surface area (Å²) >= 11 is 0. The minimum absolute atomic E-state index is 0.266. The van der Waals surface area contributed by atoms with E-state index < -0.39 is 0 Å². The zero-order valence-electron chi connectivity index (χ0n) is 11.0. The summed E-state index contributed by atoms with van der Waals surface area (Å²) in [5, 5.41) is 3.55. The van der Waals surface area contributed by atoms with Crippen LogP contribution in [0.1, 0.15) is 47.0 Å². The summed E-state index contributed by atoms with van der Waals surface area (Å²) in [5.74, 6) is 0.997. The molecule has 2 heteroatoms. The number of rotatable bonds is 4. The molecule has 0 unspecified atom stereocenters. The van der Waals surface area contributed by atoms with E-state index in [1.807, 2.05) is 0 Å². The molecule has 90 valence electrons. The molecule has 0 aromatic rings. The molecule has 0 bridgehead atoms. The van der Waals surface area contributed by atoms with Gasteiger partial charge in [0.05, 0.1) is 0 Å². The van der Waals surface area contributed by atoms with E-state index in [-0.39, 0.29) is 5.54 Å². The van der Waals surface area contributed by atoms with Gasteiger partial charge < -0.3 is 10.2 Å². The lowest BCUT2D eigenvalue weighted by Crippen LogP contribution is -2.43. The van der Waals surface area contributed by atoms with Gasteiger partial charge in [-0.2, -0.15) is 0 Å². The topological polar surface area (TPSA) is 15.3 Å². The van der Waals surface area contributed by atoms with Crippen LogP contribution in [-0.2, 0) is 0 Å². The highest BCUT2D eigenvalue weighted by Crippen LogP contribution is 2.19. The minimum Gasteiger partial charge on any atom is -0.311 e. The van der Waals surface area contributed by atoms with Crippen molar-refractivity contribution in [2.24, 2.45) is 5.92 Å². The molecule has 0 saturated carbocycles. The van der Waals surface area contributed by atoms with E-state index in [0.717, 1.165) is 12.5 Å². The largest absolute Gasteiger partial charge is 0.311 e. The van der Waals surface area contributed by atoms with Gasteiger partial charge in [-0.25, -0.2) is 0 Å². The Hall–Kier alpha value is -0.0800. The zero-order valence-corrected chi connectivity index (χ0v) is 11.0. The molecular formula is C13H28N2. The summed E-state index contributed by atoms with van der Waals surface area (Å²) in [4.78, 5) is 2.60. The summed E-state index contributed by atoms with van der Waals surface area (Å²) in [5.41, 5.74) is 0.266. The number of likely N-dealkylation sites (tertiary alicyclic amines) is 1. The maximum Gasteiger partial charge on any atom is 0.0107 e. The van der Waals surface area contributed by atoms with Crippen LogP contribution in [0.15, 0.2) is 0 Å². The Kier molecular flexibility index (Phi) is 5.07. The first-order valence-electron chi connectivity index (χ1n) is 6.48. The highest BCUT2D eigenvalue weighted by Gasteiger charge is 2.17. The Morgan fingerprint density at radius 1 is 1.20 bits per heavy atom. The highest BCUT2D eigenvalue weighted by atomic mass is 15.1. The standard InChI is InChI=1S/C13H28N2/c1-5-12-6-9-15(10-7-12)11-8-14-13(2,3)4/h12,14H,5-11H2,1-4H3. The quantitative estimate of drug-likeness (QED) is 0.770. The Morgan fingerprint density at radius 2 is 1.80 bits per heavy atom. The lowest BCUT2D eigenvalue weighted by molar-refractivity contribution is 0.178. The van der Waals surface area contributed by atoms with E-state index in [1.165, 1.54) is 38.9 Å². The molecule has 1 rings (SSSR count). The van der Waals surface area contributed by atoms with E-state index in [2.05, 4.69) is 37.9 Å². The van der Waals surface area contributed by atoms with Crippen LogP contribution in [0.5, 0.6) is 0 Å². The van der Waals surface area contributed by atoms with Crippen LogP contribution < -0.4 is 5.32 Å². The fourth-order valence-electron chi connectivity index (χ4n) is 2.21. The second-order valence-electron chi connectivity index (χ2n) is 5.87. The maximum absolute atomic E-state index is 3.55. The molecule has 0 amide bonds. The monoisotopic (exact) mass is 212 g/mol. The highest BCUT2D eigenvalue weighted by molar-refractivity contribution is 4.74. The number of hydrogen-bond donors (Lipinski definition) is 1. The third kappa shape index (κ3) is 5.53. The lowest BCUT2D eigenvalue weighted by atomic mass is 9.94. The molecule has 0 spiro atoms. The molecular weight excluding hydrogens is 184 g/mol. The van der Waals surface area contributed by atoms with E-state index >= 15 is 0 Å². The average Bonchev–Trinajstić information content (AvgIpc) is 2.17. The predicted molar refractivity (Wildman–Crippen MR) is 67.2 cm³/mol. The first-order chi connectivity index (χ1) is 7.01. The van der Waals surface area contributed by atoms with Gasteiger partial charge in [0.15, 0.2) is 0 Å². The van der Waals surface area contributed by atoms with Crippen LogP contribution in [0.25, 0.3) is 0 Å². The van der Waals surface area contributed by atoms with Crippen molar-refractivity contribution in [3.8, 4) is 0 Å². The van der Waals surface area contributed by atoms with E-state index in [1.54, 1.807) is 0 Å². The van der Waals surface area contributed by atoms with Gasteiger partial charge in [0.25, 0.3) is 0 Å². The molecule has 2 nitrogen and oxygen atoms in total. The summed E-state index contributed by atoms with van der Waals surface area (Å²) < 4.78 is 0. The molecule has 1 aliphatic rings. The Balaban J connectivity index is 2.09. The van der Waals surface area contributed by atoms with E-state index in [4.69, 9.17) is 0 Å². The van der Waals surface area contributed by atoms with Crippen LogP contribution in [0, 0.1) is 5.92 Å². The molecule has 1 heterocycles. The average molecular weight is 212 g/mol.